The second-order valence-electron chi connectivity index (χ2n) is 6.83. The Balaban J connectivity index is 1.71. The Kier molecular flexibility index (Phi) is 6.39. The summed E-state index contributed by atoms with van der Waals surface area (Å²) in [6, 6.07) is 0. The van der Waals surface area contributed by atoms with Crippen molar-refractivity contribution in [3.63, 3.8) is 0 Å². The predicted molar refractivity (Wildman–Crippen MR) is 103 cm³/mol. The summed E-state index contributed by atoms with van der Waals surface area (Å²) >= 11 is 1.37. The third-order valence-electron chi connectivity index (χ3n) is 4.28. The van der Waals surface area contributed by atoms with Crippen LogP contribution in [-0.2, 0) is 9.47 Å². The molecule has 0 amide bonds. The van der Waals surface area contributed by atoms with Gasteiger partial charge in [0, 0.05) is 26.2 Å². The number of esters is 1. The monoisotopic (exact) mass is 378 g/mol. The van der Waals surface area contributed by atoms with Crippen molar-refractivity contribution in [2.24, 2.45) is 5.92 Å². The van der Waals surface area contributed by atoms with Crippen LogP contribution in [0.4, 0.5) is 5.82 Å². The molecule has 2 aromatic rings. The van der Waals surface area contributed by atoms with Gasteiger partial charge >= 0.3 is 5.97 Å². The molecule has 1 aliphatic heterocycles. The molecule has 0 bridgehead atoms. The van der Waals surface area contributed by atoms with Crippen molar-refractivity contribution in [3.8, 4) is 0 Å². The molecule has 0 atom stereocenters. The number of aromatic nitrogens is 2. The number of carbonyl (C=O) groups excluding carboxylic acids is 1. The van der Waals surface area contributed by atoms with E-state index in [1.807, 2.05) is 20.8 Å². The van der Waals surface area contributed by atoms with Crippen molar-refractivity contribution in [3.05, 3.63) is 16.8 Å². The van der Waals surface area contributed by atoms with E-state index in [2.05, 4.69) is 20.2 Å². The standard InChI is InChI=1S/C18H26N4O3S/c1-12(2)10-25-18(23)15-13(3)14-16(20-11-21-17(14)26-15)19-4-5-22-6-8-24-9-7-22/h11-12H,4-10H2,1-3H3,(H,19,20,21). The number of nitrogens with zero attached hydrogens (tertiary/aromatic N) is 3. The van der Waals surface area contributed by atoms with Crippen molar-refractivity contribution < 1.29 is 14.3 Å². The molecule has 26 heavy (non-hydrogen) atoms. The van der Waals surface area contributed by atoms with Crippen LogP contribution in [0, 0.1) is 12.8 Å². The van der Waals surface area contributed by atoms with Gasteiger partial charge in [0.15, 0.2) is 0 Å². The lowest BCUT2D eigenvalue weighted by molar-refractivity contribution is 0.0398. The molecule has 0 aromatic carbocycles. The molecule has 3 heterocycles. The van der Waals surface area contributed by atoms with Crippen LogP contribution in [0.5, 0.6) is 0 Å². The van der Waals surface area contributed by atoms with Crippen LogP contribution in [0.3, 0.4) is 0 Å². The van der Waals surface area contributed by atoms with Gasteiger partial charge in [-0.15, -0.1) is 11.3 Å². The maximum absolute atomic E-state index is 12.4. The summed E-state index contributed by atoms with van der Waals surface area (Å²) in [5, 5.41) is 4.31. The fraction of sp³-hybridized carbons (Fsp3) is 0.611. The lowest BCUT2D eigenvalue weighted by Gasteiger charge is -2.26. The van der Waals surface area contributed by atoms with Gasteiger partial charge in [0.05, 0.1) is 25.2 Å². The summed E-state index contributed by atoms with van der Waals surface area (Å²) in [5.41, 5.74) is 0.883. The number of anilines is 1. The number of rotatable bonds is 7. The third-order valence-corrected chi connectivity index (χ3v) is 5.46. The highest BCUT2D eigenvalue weighted by atomic mass is 32.1. The number of thiophene rings is 1. The van der Waals surface area contributed by atoms with Gasteiger partial charge in [-0.1, -0.05) is 13.8 Å². The fourth-order valence-corrected chi connectivity index (χ4v) is 3.91. The molecule has 0 unspecified atom stereocenters. The minimum absolute atomic E-state index is 0.279. The summed E-state index contributed by atoms with van der Waals surface area (Å²) in [6.07, 6.45) is 1.54. The largest absolute Gasteiger partial charge is 0.461 e. The van der Waals surface area contributed by atoms with Gasteiger partial charge in [0.25, 0.3) is 0 Å². The highest BCUT2D eigenvalue weighted by molar-refractivity contribution is 7.20. The second-order valence-corrected chi connectivity index (χ2v) is 7.83. The van der Waals surface area contributed by atoms with Gasteiger partial charge in [-0.25, -0.2) is 14.8 Å². The predicted octanol–water partition coefficient (Wildman–Crippen LogP) is 2.56. The van der Waals surface area contributed by atoms with E-state index in [0.29, 0.717) is 17.4 Å². The Morgan fingerprint density at radius 1 is 1.38 bits per heavy atom. The van der Waals surface area contributed by atoms with Gasteiger partial charge in [-0.05, 0) is 18.4 Å². The molecule has 1 N–H and O–H groups in total. The third kappa shape index (κ3) is 4.49. The average molecular weight is 378 g/mol. The highest BCUT2D eigenvalue weighted by Gasteiger charge is 2.20. The number of nitrogens with one attached hydrogen (secondary N) is 1. The molecule has 0 saturated carbocycles. The fourth-order valence-electron chi connectivity index (χ4n) is 2.87. The van der Waals surface area contributed by atoms with E-state index < -0.39 is 0 Å². The minimum atomic E-state index is -0.279. The molecule has 142 valence electrons. The average Bonchev–Trinajstić information content (AvgIpc) is 2.98. The van der Waals surface area contributed by atoms with Crippen LogP contribution < -0.4 is 5.32 Å². The first-order chi connectivity index (χ1) is 12.6. The number of ether oxygens (including phenoxy) is 2. The van der Waals surface area contributed by atoms with Crippen LogP contribution >= 0.6 is 11.3 Å². The topological polar surface area (TPSA) is 76.6 Å². The zero-order valence-electron chi connectivity index (χ0n) is 15.6. The van der Waals surface area contributed by atoms with Crippen molar-refractivity contribution >= 4 is 33.3 Å². The maximum atomic E-state index is 12.4. The zero-order chi connectivity index (χ0) is 18.5. The quantitative estimate of drug-likeness (QED) is 0.742. The van der Waals surface area contributed by atoms with Crippen LogP contribution in [0.15, 0.2) is 6.33 Å². The summed E-state index contributed by atoms with van der Waals surface area (Å²) in [4.78, 5) is 24.9. The van der Waals surface area contributed by atoms with Crippen molar-refractivity contribution in [1.29, 1.82) is 0 Å². The van der Waals surface area contributed by atoms with Crippen molar-refractivity contribution in [2.45, 2.75) is 20.8 Å². The summed E-state index contributed by atoms with van der Waals surface area (Å²) in [7, 11) is 0. The first-order valence-electron chi connectivity index (χ1n) is 9.01. The lowest BCUT2D eigenvalue weighted by atomic mass is 10.2. The molecule has 0 spiro atoms. The Bertz CT molecular complexity index is 756. The van der Waals surface area contributed by atoms with Crippen LogP contribution in [0.2, 0.25) is 0 Å². The van der Waals surface area contributed by atoms with Crippen molar-refractivity contribution in [1.82, 2.24) is 14.9 Å². The van der Waals surface area contributed by atoms with E-state index in [0.717, 1.165) is 61.0 Å². The van der Waals surface area contributed by atoms with E-state index in [1.54, 1.807) is 6.33 Å². The van der Waals surface area contributed by atoms with Crippen LogP contribution in [0.25, 0.3) is 10.2 Å². The van der Waals surface area contributed by atoms with Gasteiger partial charge in [0.1, 0.15) is 21.9 Å². The number of aryl methyl sites for hydroxylation is 1. The Hall–Kier alpha value is -1.77. The molecule has 3 rings (SSSR count). The molecule has 1 aliphatic rings. The van der Waals surface area contributed by atoms with E-state index in [-0.39, 0.29) is 5.97 Å². The van der Waals surface area contributed by atoms with E-state index in [1.165, 1.54) is 11.3 Å². The molecule has 2 aromatic heterocycles. The Morgan fingerprint density at radius 2 is 2.15 bits per heavy atom. The van der Waals surface area contributed by atoms with Gasteiger partial charge in [-0.2, -0.15) is 0 Å². The van der Waals surface area contributed by atoms with Gasteiger partial charge in [-0.3, -0.25) is 4.90 Å². The molecule has 7 nitrogen and oxygen atoms in total. The minimum Gasteiger partial charge on any atom is -0.461 e. The highest BCUT2D eigenvalue weighted by Crippen LogP contribution is 2.33. The normalized spacial score (nSPS) is 15.5. The van der Waals surface area contributed by atoms with E-state index in [4.69, 9.17) is 9.47 Å². The summed E-state index contributed by atoms with van der Waals surface area (Å²) < 4.78 is 10.8. The number of hydrogen-bond donors (Lipinski definition) is 1. The maximum Gasteiger partial charge on any atom is 0.348 e. The first-order valence-corrected chi connectivity index (χ1v) is 9.83. The lowest BCUT2D eigenvalue weighted by Crippen LogP contribution is -2.39. The Morgan fingerprint density at radius 3 is 2.88 bits per heavy atom. The van der Waals surface area contributed by atoms with E-state index in [9.17, 15) is 4.79 Å². The van der Waals surface area contributed by atoms with E-state index >= 15 is 0 Å². The molecule has 1 fully saturated rings. The number of fused-ring (bicyclic) bond motifs is 1. The smallest absolute Gasteiger partial charge is 0.348 e. The van der Waals surface area contributed by atoms with Gasteiger partial charge < -0.3 is 14.8 Å². The van der Waals surface area contributed by atoms with Gasteiger partial charge in [0.2, 0.25) is 0 Å². The summed E-state index contributed by atoms with van der Waals surface area (Å²) in [6.45, 7) is 11.6. The van der Waals surface area contributed by atoms with Crippen molar-refractivity contribution in [2.75, 3.05) is 51.3 Å². The molecule has 8 heteroatoms. The molecule has 0 aliphatic carbocycles. The SMILES string of the molecule is Cc1c(C(=O)OCC(C)C)sc2ncnc(NCCN3CCOCC3)c12. The number of hydrogen-bond acceptors (Lipinski definition) is 8. The number of carbonyl (C=O) groups is 1. The second kappa shape index (κ2) is 8.75. The molecule has 0 radical (unpaired) electrons. The Labute approximate surface area is 157 Å². The first kappa shape index (κ1) is 19.0. The zero-order valence-corrected chi connectivity index (χ0v) is 16.4. The molecular weight excluding hydrogens is 352 g/mol. The van der Waals surface area contributed by atoms with Crippen LogP contribution in [-0.4, -0.2) is 66.8 Å². The summed E-state index contributed by atoms with van der Waals surface area (Å²) in [5.74, 6) is 0.809. The molecular formula is C18H26N4O3S. The number of morpholine rings is 1. The van der Waals surface area contributed by atoms with Crippen LogP contribution in [0.1, 0.15) is 29.1 Å². The molecule has 1 saturated heterocycles.